The number of carbonyl (C=O) groups excluding carboxylic acids is 2. The summed E-state index contributed by atoms with van der Waals surface area (Å²) in [5.41, 5.74) is 1.11. The molecule has 5 heteroatoms. The fraction of sp³-hybridized carbons (Fsp3) is 0.429. The average Bonchev–Trinajstić information content (AvgIpc) is 2.25. The maximum Gasteiger partial charge on any atom is 0.262 e. The number of benzene rings is 1. The van der Waals surface area contributed by atoms with Gasteiger partial charge in [0, 0.05) is 16.5 Å². The molecular weight excluding hydrogens is 310 g/mol. The Morgan fingerprint density at radius 3 is 2.74 bits per heavy atom. The second-order valence-electron chi connectivity index (χ2n) is 5.83. The lowest BCUT2D eigenvalue weighted by atomic mass is 9.88. The molecule has 0 saturated carbocycles. The number of amides is 1. The third kappa shape index (κ3) is 3.35. The maximum atomic E-state index is 12.3. The molecule has 0 saturated heterocycles. The van der Waals surface area contributed by atoms with Crippen molar-refractivity contribution >= 4 is 33.3 Å². The van der Waals surface area contributed by atoms with Crippen LogP contribution in [0.2, 0.25) is 0 Å². The summed E-state index contributed by atoms with van der Waals surface area (Å²) in [5.74, 6) is 0.413. The summed E-state index contributed by atoms with van der Waals surface area (Å²) in [6.07, 6.45) is 0.455. The molecule has 0 aromatic heterocycles. The highest BCUT2D eigenvalue weighted by atomic mass is 79.9. The Bertz CT molecular complexity index is 546. The topological polar surface area (TPSA) is 55.4 Å². The van der Waals surface area contributed by atoms with E-state index in [4.69, 9.17) is 4.74 Å². The van der Waals surface area contributed by atoms with Crippen molar-refractivity contribution in [3.63, 3.8) is 0 Å². The molecule has 0 spiro atoms. The van der Waals surface area contributed by atoms with Gasteiger partial charge in [0.25, 0.3) is 5.91 Å². The molecule has 1 heterocycles. The second-order valence-corrected chi connectivity index (χ2v) is 6.68. The van der Waals surface area contributed by atoms with E-state index < -0.39 is 0 Å². The van der Waals surface area contributed by atoms with Gasteiger partial charge in [-0.2, -0.15) is 0 Å². The molecule has 1 aliphatic heterocycles. The SMILES string of the molecule is CC(C)(C)CC(=O)c1cc2c(cc1Br)NC(=O)CO2. The minimum atomic E-state index is -0.187. The number of hydrogen-bond acceptors (Lipinski definition) is 3. The molecule has 0 unspecified atom stereocenters. The maximum absolute atomic E-state index is 12.3. The van der Waals surface area contributed by atoms with Crippen LogP contribution in [0.1, 0.15) is 37.6 Å². The Labute approximate surface area is 120 Å². The number of rotatable bonds is 2. The number of carbonyl (C=O) groups is 2. The van der Waals surface area contributed by atoms with Crippen LogP contribution in [0.15, 0.2) is 16.6 Å². The molecule has 0 radical (unpaired) electrons. The Morgan fingerprint density at radius 1 is 1.42 bits per heavy atom. The molecule has 102 valence electrons. The number of ether oxygens (including phenoxy) is 1. The number of nitrogens with one attached hydrogen (secondary N) is 1. The van der Waals surface area contributed by atoms with Crippen molar-refractivity contribution in [3.8, 4) is 5.75 Å². The summed E-state index contributed by atoms with van der Waals surface area (Å²) in [6.45, 7) is 6.05. The van der Waals surface area contributed by atoms with E-state index in [9.17, 15) is 9.59 Å². The van der Waals surface area contributed by atoms with Crippen molar-refractivity contribution in [3.05, 3.63) is 22.2 Å². The van der Waals surface area contributed by atoms with E-state index in [1.807, 2.05) is 20.8 Å². The molecule has 0 bridgehead atoms. The van der Waals surface area contributed by atoms with Crippen LogP contribution in [0.5, 0.6) is 5.75 Å². The smallest absolute Gasteiger partial charge is 0.262 e. The van der Waals surface area contributed by atoms with Crippen LogP contribution in [0.3, 0.4) is 0 Å². The van der Waals surface area contributed by atoms with Crippen molar-refractivity contribution in [1.82, 2.24) is 0 Å². The number of hydrogen-bond donors (Lipinski definition) is 1. The van der Waals surface area contributed by atoms with Gasteiger partial charge < -0.3 is 10.1 Å². The molecule has 4 nitrogen and oxygen atoms in total. The summed E-state index contributed by atoms with van der Waals surface area (Å²) in [6, 6.07) is 3.40. The first-order chi connectivity index (χ1) is 8.76. The molecule has 0 fully saturated rings. The predicted octanol–water partition coefficient (Wildman–Crippen LogP) is 3.40. The summed E-state index contributed by atoms with van der Waals surface area (Å²) in [7, 11) is 0. The van der Waals surface area contributed by atoms with E-state index in [-0.39, 0.29) is 23.7 Å². The highest BCUT2D eigenvalue weighted by molar-refractivity contribution is 9.10. The third-order valence-electron chi connectivity index (χ3n) is 2.69. The van der Waals surface area contributed by atoms with Crippen LogP contribution in [0.4, 0.5) is 5.69 Å². The minimum absolute atomic E-state index is 0.0124. The van der Waals surface area contributed by atoms with Crippen molar-refractivity contribution < 1.29 is 14.3 Å². The number of ketones is 1. The lowest BCUT2D eigenvalue weighted by Crippen LogP contribution is -2.25. The van der Waals surface area contributed by atoms with Crippen LogP contribution in [-0.4, -0.2) is 18.3 Å². The van der Waals surface area contributed by atoms with Crippen LogP contribution in [0.25, 0.3) is 0 Å². The first-order valence-corrected chi connectivity index (χ1v) is 6.85. The van der Waals surface area contributed by atoms with Gasteiger partial charge in [0.05, 0.1) is 5.69 Å². The molecule has 0 atom stereocenters. The van der Waals surface area contributed by atoms with Gasteiger partial charge in [-0.05, 0) is 33.5 Å². The Hall–Kier alpha value is -1.36. The number of halogens is 1. The highest BCUT2D eigenvalue weighted by Gasteiger charge is 2.23. The molecular formula is C14H16BrNO3. The first kappa shape index (κ1) is 14.1. The lowest BCUT2D eigenvalue weighted by molar-refractivity contribution is -0.118. The Kier molecular flexibility index (Phi) is 3.67. The van der Waals surface area contributed by atoms with Gasteiger partial charge in [-0.1, -0.05) is 20.8 Å². The monoisotopic (exact) mass is 325 g/mol. The Balaban J connectivity index is 2.33. The largest absolute Gasteiger partial charge is 0.482 e. The predicted molar refractivity (Wildman–Crippen MR) is 76.7 cm³/mol. The average molecular weight is 326 g/mol. The fourth-order valence-electron chi connectivity index (χ4n) is 1.89. The standard InChI is InChI=1S/C14H16BrNO3/c1-14(2,3)6-11(17)8-4-12-10(5-9(8)15)16-13(18)7-19-12/h4-5H,6-7H2,1-3H3,(H,16,18). The zero-order chi connectivity index (χ0) is 14.2. The summed E-state index contributed by atoms with van der Waals surface area (Å²) < 4.78 is 6.00. The van der Waals surface area contributed by atoms with Crippen LogP contribution in [-0.2, 0) is 4.79 Å². The second kappa shape index (κ2) is 4.96. The van der Waals surface area contributed by atoms with E-state index in [1.165, 1.54) is 0 Å². The van der Waals surface area contributed by atoms with Crippen molar-refractivity contribution in [2.24, 2.45) is 5.41 Å². The summed E-state index contributed by atoms with van der Waals surface area (Å²) in [5, 5.41) is 2.71. The first-order valence-electron chi connectivity index (χ1n) is 6.06. The molecule has 1 N–H and O–H groups in total. The fourth-order valence-corrected chi connectivity index (χ4v) is 2.46. The van der Waals surface area contributed by atoms with Crippen molar-refractivity contribution in [2.45, 2.75) is 27.2 Å². The molecule has 2 rings (SSSR count). The van der Waals surface area contributed by atoms with E-state index in [1.54, 1.807) is 12.1 Å². The number of fused-ring (bicyclic) bond motifs is 1. The normalized spacial score (nSPS) is 14.4. The third-order valence-corrected chi connectivity index (χ3v) is 3.35. The van der Waals surface area contributed by atoms with E-state index in [2.05, 4.69) is 21.2 Å². The summed E-state index contributed by atoms with van der Waals surface area (Å²) >= 11 is 3.38. The molecule has 1 aliphatic rings. The molecule has 1 amide bonds. The lowest BCUT2D eigenvalue weighted by Gasteiger charge is -2.21. The molecule has 1 aromatic rings. The van der Waals surface area contributed by atoms with Crippen LogP contribution < -0.4 is 10.1 Å². The molecule has 0 aliphatic carbocycles. The van der Waals surface area contributed by atoms with Gasteiger partial charge in [-0.25, -0.2) is 0 Å². The Morgan fingerprint density at radius 2 is 2.11 bits per heavy atom. The van der Waals surface area contributed by atoms with Gasteiger partial charge in [0.2, 0.25) is 0 Å². The van der Waals surface area contributed by atoms with Gasteiger partial charge in [-0.3, -0.25) is 9.59 Å². The zero-order valence-electron chi connectivity index (χ0n) is 11.2. The van der Waals surface area contributed by atoms with Crippen molar-refractivity contribution in [2.75, 3.05) is 11.9 Å². The van der Waals surface area contributed by atoms with E-state index in [0.29, 0.717) is 27.9 Å². The van der Waals surface area contributed by atoms with E-state index in [0.717, 1.165) is 0 Å². The molecule has 1 aromatic carbocycles. The van der Waals surface area contributed by atoms with E-state index >= 15 is 0 Å². The van der Waals surface area contributed by atoms with Gasteiger partial charge in [0.1, 0.15) is 5.75 Å². The van der Waals surface area contributed by atoms with Gasteiger partial charge in [-0.15, -0.1) is 0 Å². The van der Waals surface area contributed by atoms with Gasteiger partial charge >= 0.3 is 0 Å². The number of anilines is 1. The molecule has 19 heavy (non-hydrogen) atoms. The van der Waals surface area contributed by atoms with Crippen LogP contribution in [0, 0.1) is 5.41 Å². The quantitative estimate of drug-likeness (QED) is 0.848. The van der Waals surface area contributed by atoms with Gasteiger partial charge in [0.15, 0.2) is 12.4 Å². The highest BCUT2D eigenvalue weighted by Crippen LogP contribution is 2.35. The van der Waals surface area contributed by atoms with Crippen LogP contribution >= 0.6 is 15.9 Å². The minimum Gasteiger partial charge on any atom is -0.482 e. The number of Topliss-reactive ketones (excluding diaryl/α,β-unsaturated/α-hetero) is 1. The van der Waals surface area contributed by atoms with Crippen molar-refractivity contribution in [1.29, 1.82) is 0 Å². The summed E-state index contributed by atoms with van der Waals surface area (Å²) in [4.78, 5) is 23.5. The zero-order valence-corrected chi connectivity index (χ0v) is 12.8.